The Labute approximate surface area is 217 Å². The van der Waals surface area contributed by atoms with Crippen LogP contribution in [0.3, 0.4) is 0 Å². The van der Waals surface area contributed by atoms with Crippen LogP contribution in [0.1, 0.15) is 22.3 Å². The summed E-state index contributed by atoms with van der Waals surface area (Å²) in [4.78, 5) is 14.4. The number of hydrogen-bond donors (Lipinski definition) is 3. The summed E-state index contributed by atoms with van der Waals surface area (Å²) in [5, 5.41) is 9.08. The number of anilines is 1. The first-order chi connectivity index (χ1) is 17.9. The van der Waals surface area contributed by atoms with Crippen molar-refractivity contribution in [3.8, 4) is 11.8 Å². The van der Waals surface area contributed by atoms with Crippen LogP contribution < -0.4 is 15.1 Å². The third kappa shape index (κ3) is 6.96. The molecule has 192 valence electrons. The first-order valence-electron chi connectivity index (χ1n) is 11.9. The van der Waals surface area contributed by atoms with E-state index in [0.717, 1.165) is 48.7 Å². The molecule has 0 saturated carbocycles. The molecule has 0 unspecified atom stereocenters. The van der Waals surface area contributed by atoms with Crippen LogP contribution in [-0.4, -0.2) is 51.9 Å². The predicted octanol–water partition coefficient (Wildman–Crippen LogP) is 2.63. The number of hydroxylamine groups is 1. The van der Waals surface area contributed by atoms with Crippen molar-refractivity contribution < 1.29 is 23.2 Å². The quantitative estimate of drug-likeness (QED) is 0.252. The Balaban J connectivity index is 1.46. The smallest absolute Gasteiger partial charge is 0.261 e. The molecule has 4 rings (SSSR count). The van der Waals surface area contributed by atoms with Crippen molar-refractivity contribution in [1.82, 2.24) is 10.2 Å². The fraction of sp³-hybridized carbons (Fsp3) is 0.250. The molecule has 0 aliphatic carbocycles. The summed E-state index contributed by atoms with van der Waals surface area (Å²) in [6.07, 6.45) is 0.0830. The molecule has 0 aromatic heterocycles. The number of rotatable bonds is 7. The van der Waals surface area contributed by atoms with E-state index in [1.807, 2.05) is 19.1 Å². The molecule has 1 saturated heterocycles. The van der Waals surface area contributed by atoms with Gasteiger partial charge in [-0.2, -0.15) is 4.72 Å². The van der Waals surface area contributed by atoms with Gasteiger partial charge in [-0.25, -0.2) is 13.9 Å². The molecule has 1 atom stereocenters. The molecule has 3 aromatic rings. The van der Waals surface area contributed by atoms with Crippen molar-refractivity contribution in [2.45, 2.75) is 24.3 Å². The Bertz CT molecular complexity index is 1390. The number of aryl methyl sites for hydroxylation is 1. The summed E-state index contributed by atoms with van der Waals surface area (Å²) < 4.78 is 33.7. The molecule has 9 heteroatoms. The number of carbonyl (C=O) groups is 1. The first-order valence-corrected chi connectivity index (χ1v) is 13.4. The Morgan fingerprint density at radius 1 is 1.03 bits per heavy atom. The minimum Gasteiger partial charge on any atom is -0.378 e. The highest BCUT2D eigenvalue weighted by Crippen LogP contribution is 2.20. The molecule has 0 bridgehead atoms. The minimum atomic E-state index is -4.02. The molecule has 1 heterocycles. The summed E-state index contributed by atoms with van der Waals surface area (Å²) in [6, 6.07) is 20.1. The third-order valence-electron chi connectivity index (χ3n) is 6.10. The highest BCUT2D eigenvalue weighted by atomic mass is 32.2. The number of hydrogen-bond acceptors (Lipinski definition) is 6. The molecular weight excluding hydrogens is 490 g/mol. The van der Waals surface area contributed by atoms with Crippen LogP contribution in [0.2, 0.25) is 0 Å². The third-order valence-corrected chi connectivity index (χ3v) is 7.59. The molecule has 3 aromatic carbocycles. The van der Waals surface area contributed by atoms with Gasteiger partial charge in [0.1, 0.15) is 6.04 Å². The molecule has 1 aliphatic rings. The van der Waals surface area contributed by atoms with Crippen molar-refractivity contribution in [2.75, 3.05) is 31.2 Å². The van der Waals surface area contributed by atoms with Gasteiger partial charge in [0.05, 0.1) is 18.1 Å². The monoisotopic (exact) mass is 519 g/mol. The highest BCUT2D eigenvalue weighted by Gasteiger charge is 2.26. The molecule has 1 fully saturated rings. The average Bonchev–Trinajstić information content (AvgIpc) is 2.92. The standard InChI is InChI=1S/C28H29N3O5S/c1-21-19-25(31-15-17-36-18-16-31)12-11-24(21)10-7-22-8-13-26(14-9-22)37(34,35)30-27(28(32)29-33)20-23-5-3-2-4-6-23/h2-6,8-9,11-14,19,27,30,33H,15-18,20H2,1H3,(H,29,32)/t27-/m1/s1. The summed E-state index contributed by atoms with van der Waals surface area (Å²) >= 11 is 0. The van der Waals surface area contributed by atoms with Gasteiger partial charge in [0.25, 0.3) is 5.91 Å². The second-order valence-electron chi connectivity index (χ2n) is 8.71. The topological polar surface area (TPSA) is 108 Å². The molecule has 1 aliphatic heterocycles. The van der Waals surface area contributed by atoms with Crippen molar-refractivity contribution in [3.63, 3.8) is 0 Å². The van der Waals surface area contributed by atoms with Gasteiger partial charge in [-0.1, -0.05) is 42.2 Å². The van der Waals surface area contributed by atoms with Crippen LogP contribution in [0.15, 0.2) is 77.7 Å². The zero-order valence-corrected chi connectivity index (χ0v) is 21.3. The van der Waals surface area contributed by atoms with Crippen LogP contribution in [0.4, 0.5) is 5.69 Å². The zero-order chi connectivity index (χ0) is 26.3. The van der Waals surface area contributed by atoms with Crippen LogP contribution >= 0.6 is 0 Å². The Morgan fingerprint density at radius 2 is 1.73 bits per heavy atom. The zero-order valence-electron chi connectivity index (χ0n) is 20.5. The number of nitrogens with one attached hydrogen (secondary N) is 2. The van der Waals surface area contributed by atoms with Crippen molar-refractivity contribution in [2.24, 2.45) is 0 Å². The molecule has 0 spiro atoms. The normalized spacial score (nSPS) is 14.4. The van der Waals surface area contributed by atoms with Gasteiger partial charge in [-0.15, -0.1) is 0 Å². The lowest BCUT2D eigenvalue weighted by Gasteiger charge is -2.29. The van der Waals surface area contributed by atoms with Gasteiger partial charge >= 0.3 is 0 Å². The van der Waals surface area contributed by atoms with E-state index in [0.29, 0.717) is 5.56 Å². The second-order valence-corrected chi connectivity index (χ2v) is 10.4. The van der Waals surface area contributed by atoms with Gasteiger partial charge in [-0.05, 0) is 66.9 Å². The van der Waals surface area contributed by atoms with Crippen LogP contribution in [0.25, 0.3) is 0 Å². The first kappa shape index (κ1) is 26.4. The van der Waals surface area contributed by atoms with E-state index in [9.17, 15) is 13.2 Å². The van der Waals surface area contributed by atoms with Gasteiger partial charge in [-0.3, -0.25) is 10.0 Å². The van der Waals surface area contributed by atoms with Crippen molar-refractivity contribution >= 4 is 21.6 Å². The lowest BCUT2D eigenvalue weighted by Crippen LogP contribution is -2.47. The predicted molar refractivity (Wildman–Crippen MR) is 141 cm³/mol. The summed E-state index contributed by atoms with van der Waals surface area (Å²) in [7, 11) is -4.02. The number of amides is 1. The minimum absolute atomic E-state index is 0.00658. The highest BCUT2D eigenvalue weighted by molar-refractivity contribution is 7.89. The van der Waals surface area contributed by atoms with Gasteiger partial charge in [0, 0.05) is 29.9 Å². The van der Waals surface area contributed by atoms with Gasteiger partial charge in [0.2, 0.25) is 10.0 Å². The number of benzene rings is 3. The van der Waals surface area contributed by atoms with E-state index in [1.54, 1.807) is 36.4 Å². The van der Waals surface area contributed by atoms with Crippen LogP contribution in [0, 0.1) is 18.8 Å². The number of carbonyl (C=O) groups excluding carboxylic acids is 1. The number of morpholine rings is 1. The lowest BCUT2D eigenvalue weighted by atomic mass is 10.1. The van der Waals surface area contributed by atoms with E-state index < -0.39 is 22.0 Å². The fourth-order valence-corrected chi connectivity index (χ4v) is 5.23. The van der Waals surface area contributed by atoms with E-state index in [1.165, 1.54) is 17.6 Å². The van der Waals surface area contributed by atoms with Crippen LogP contribution in [-0.2, 0) is 26.0 Å². The molecular formula is C28H29N3O5S. The Kier molecular flexibility index (Phi) is 8.58. The van der Waals surface area contributed by atoms with Crippen LogP contribution in [0.5, 0.6) is 0 Å². The largest absolute Gasteiger partial charge is 0.378 e. The van der Waals surface area contributed by atoms with E-state index in [2.05, 4.69) is 33.6 Å². The molecule has 37 heavy (non-hydrogen) atoms. The summed E-state index contributed by atoms with van der Waals surface area (Å²) in [5.41, 5.74) is 6.05. The molecule has 1 amide bonds. The molecule has 3 N–H and O–H groups in total. The maximum absolute atomic E-state index is 12.9. The molecule has 0 radical (unpaired) electrons. The Hall–Kier alpha value is -3.68. The lowest BCUT2D eigenvalue weighted by molar-refractivity contribution is -0.130. The second kappa shape index (κ2) is 12.0. The Morgan fingerprint density at radius 3 is 2.38 bits per heavy atom. The summed E-state index contributed by atoms with van der Waals surface area (Å²) in [6.45, 7) is 5.20. The van der Waals surface area contributed by atoms with Gasteiger partial charge < -0.3 is 9.64 Å². The number of ether oxygens (including phenoxy) is 1. The maximum Gasteiger partial charge on any atom is 0.261 e. The maximum atomic E-state index is 12.9. The van der Waals surface area contributed by atoms with E-state index in [4.69, 9.17) is 9.94 Å². The van der Waals surface area contributed by atoms with Crippen molar-refractivity contribution in [3.05, 3.63) is 95.1 Å². The van der Waals surface area contributed by atoms with Crippen molar-refractivity contribution in [1.29, 1.82) is 0 Å². The number of nitrogens with zero attached hydrogens (tertiary/aromatic N) is 1. The summed E-state index contributed by atoms with van der Waals surface area (Å²) in [5.74, 6) is 5.40. The molecule has 8 nitrogen and oxygen atoms in total. The van der Waals surface area contributed by atoms with Gasteiger partial charge in [0.15, 0.2) is 0 Å². The SMILES string of the molecule is Cc1cc(N2CCOCC2)ccc1C#Cc1ccc(S(=O)(=O)N[C@H](Cc2ccccc2)C(=O)NO)cc1. The van der Waals surface area contributed by atoms with E-state index in [-0.39, 0.29) is 11.3 Å². The number of sulfonamides is 1. The fourth-order valence-electron chi connectivity index (χ4n) is 4.03. The van der Waals surface area contributed by atoms with E-state index >= 15 is 0 Å². The average molecular weight is 520 g/mol.